The minimum Gasteiger partial charge on any atom is -0.394 e. The average Bonchev–Trinajstić information content (AvgIpc) is 3.04. The van der Waals surface area contributed by atoms with Gasteiger partial charge < -0.3 is 34.3 Å². The lowest BCUT2D eigenvalue weighted by molar-refractivity contribution is -0.237. The number of hydrogen-bond donors (Lipinski definition) is 3. The third-order valence-electron chi connectivity index (χ3n) is 4.23. The second-order valence-corrected chi connectivity index (χ2v) is 6.57. The van der Waals surface area contributed by atoms with Crippen LogP contribution in [0.15, 0.2) is 30.3 Å². The van der Waals surface area contributed by atoms with Crippen molar-refractivity contribution in [3.63, 3.8) is 0 Å². The molecule has 1 aromatic carbocycles. The lowest BCUT2D eigenvalue weighted by Crippen LogP contribution is -2.48. The standard InChI is InChI=1S/C17H24O7/c1-17(2)23-15-14(21-9-10-6-4-3-5-7-10)13(22-16(15)24-17)12(20)11(19)8-18/h3-7,11-16,18-20H,8-9H2,1-2H3/t11?,12?,13-,14+,15-,16-/m1/s1. The third kappa shape index (κ3) is 3.62. The first-order valence-electron chi connectivity index (χ1n) is 8.05. The zero-order chi connectivity index (χ0) is 17.3. The van der Waals surface area contributed by atoms with Crippen LogP contribution in [-0.2, 0) is 25.6 Å². The Morgan fingerprint density at radius 2 is 1.88 bits per heavy atom. The lowest BCUT2D eigenvalue weighted by Gasteiger charge is -2.30. The summed E-state index contributed by atoms with van der Waals surface area (Å²) in [6, 6.07) is 9.59. The van der Waals surface area contributed by atoms with Gasteiger partial charge >= 0.3 is 0 Å². The van der Waals surface area contributed by atoms with Gasteiger partial charge in [-0.2, -0.15) is 0 Å². The Bertz CT molecular complexity index is 535. The molecule has 7 nitrogen and oxygen atoms in total. The number of ether oxygens (including phenoxy) is 4. The fourth-order valence-electron chi connectivity index (χ4n) is 3.06. The molecule has 0 spiro atoms. The summed E-state index contributed by atoms with van der Waals surface area (Å²) in [5, 5.41) is 29.1. The number of fused-ring (bicyclic) bond motifs is 1. The first kappa shape index (κ1) is 17.8. The van der Waals surface area contributed by atoms with Crippen molar-refractivity contribution in [3.05, 3.63) is 35.9 Å². The molecule has 2 saturated heterocycles. The molecule has 0 aliphatic carbocycles. The van der Waals surface area contributed by atoms with Crippen molar-refractivity contribution < 1.29 is 34.3 Å². The van der Waals surface area contributed by atoms with Crippen LogP contribution in [0.4, 0.5) is 0 Å². The van der Waals surface area contributed by atoms with Crippen LogP contribution in [0.1, 0.15) is 19.4 Å². The SMILES string of the molecule is CC1(C)O[C@H]2O[C@H](C(O)C(O)CO)[C@H](OCc3ccccc3)[C@H]2O1. The maximum Gasteiger partial charge on any atom is 0.190 e. The Kier molecular flexibility index (Phi) is 5.22. The molecule has 0 amide bonds. The van der Waals surface area contributed by atoms with E-state index in [4.69, 9.17) is 24.1 Å². The average molecular weight is 340 g/mol. The highest BCUT2D eigenvalue weighted by Crippen LogP contribution is 2.40. The highest BCUT2D eigenvalue weighted by molar-refractivity contribution is 5.13. The van der Waals surface area contributed by atoms with Gasteiger partial charge in [0, 0.05) is 0 Å². The van der Waals surface area contributed by atoms with Gasteiger partial charge in [-0.15, -0.1) is 0 Å². The van der Waals surface area contributed by atoms with Gasteiger partial charge in [-0.05, 0) is 19.4 Å². The van der Waals surface area contributed by atoms with Gasteiger partial charge in [0.25, 0.3) is 0 Å². The third-order valence-corrected chi connectivity index (χ3v) is 4.23. The second-order valence-electron chi connectivity index (χ2n) is 6.57. The first-order chi connectivity index (χ1) is 11.4. The van der Waals surface area contributed by atoms with E-state index in [9.17, 15) is 10.2 Å². The van der Waals surface area contributed by atoms with Crippen molar-refractivity contribution in [2.45, 2.75) is 63.1 Å². The summed E-state index contributed by atoms with van der Waals surface area (Å²) >= 11 is 0. The molecule has 0 radical (unpaired) electrons. The molecular weight excluding hydrogens is 316 g/mol. The van der Waals surface area contributed by atoms with E-state index in [1.54, 1.807) is 13.8 Å². The van der Waals surface area contributed by atoms with E-state index in [0.29, 0.717) is 6.61 Å². The van der Waals surface area contributed by atoms with Gasteiger partial charge in [0.1, 0.15) is 30.5 Å². The summed E-state index contributed by atoms with van der Waals surface area (Å²) in [5.41, 5.74) is 0.968. The highest BCUT2D eigenvalue weighted by Gasteiger charge is 2.57. The number of rotatable bonds is 6. The van der Waals surface area contributed by atoms with E-state index >= 15 is 0 Å². The summed E-state index contributed by atoms with van der Waals surface area (Å²) in [4.78, 5) is 0. The Hall–Kier alpha value is -1.06. The van der Waals surface area contributed by atoms with Gasteiger partial charge in [-0.25, -0.2) is 0 Å². The minimum atomic E-state index is -1.33. The van der Waals surface area contributed by atoms with E-state index in [-0.39, 0.29) is 0 Å². The fraction of sp³-hybridized carbons (Fsp3) is 0.647. The molecule has 2 fully saturated rings. The molecule has 3 rings (SSSR count). The Balaban J connectivity index is 1.74. The van der Waals surface area contributed by atoms with Crippen LogP contribution in [0.25, 0.3) is 0 Å². The zero-order valence-electron chi connectivity index (χ0n) is 13.7. The van der Waals surface area contributed by atoms with E-state index in [0.717, 1.165) is 5.56 Å². The molecule has 134 valence electrons. The lowest BCUT2D eigenvalue weighted by atomic mass is 10.0. The van der Waals surface area contributed by atoms with Crippen LogP contribution in [0.2, 0.25) is 0 Å². The molecule has 6 atom stereocenters. The number of aliphatic hydroxyl groups is 3. The second kappa shape index (κ2) is 7.05. The van der Waals surface area contributed by atoms with Crippen molar-refractivity contribution in [3.8, 4) is 0 Å². The van der Waals surface area contributed by atoms with Crippen LogP contribution in [-0.4, -0.2) is 64.5 Å². The van der Waals surface area contributed by atoms with Crippen molar-refractivity contribution in [2.24, 2.45) is 0 Å². The Labute approximate surface area is 140 Å². The van der Waals surface area contributed by atoms with Gasteiger partial charge in [0.2, 0.25) is 0 Å². The van der Waals surface area contributed by atoms with Gasteiger partial charge in [0.15, 0.2) is 12.1 Å². The van der Waals surface area contributed by atoms with Crippen LogP contribution < -0.4 is 0 Å². The topological polar surface area (TPSA) is 97.6 Å². The van der Waals surface area contributed by atoms with Gasteiger partial charge in [0.05, 0.1) is 13.2 Å². The predicted octanol–water partition coefficient (Wildman–Crippen LogP) is 0.162. The molecule has 3 N–H and O–H groups in total. The van der Waals surface area contributed by atoms with Crippen molar-refractivity contribution in [2.75, 3.05) is 6.61 Å². The monoisotopic (exact) mass is 340 g/mol. The van der Waals surface area contributed by atoms with E-state index in [1.165, 1.54) is 0 Å². The molecule has 0 saturated carbocycles. The number of hydrogen-bond acceptors (Lipinski definition) is 7. The van der Waals surface area contributed by atoms with E-state index < -0.39 is 49.2 Å². The minimum absolute atomic E-state index is 0.306. The Morgan fingerprint density at radius 1 is 1.17 bits per heavy atom. The first-order valence-corrected chi connectivity index (χ1v) is 8.05. The van der Waals surface area contributed by atoms with E-state index in [1.807, 2.05) is 30.3 Å². The van der Waals surface area contributed by atoms with Crippen LogP contribution in [0.3, 0.4) is 0 Å². The predicted molar refractivity (Wildman–Crippen MR) is 82.8 cm³/mol. The summed E-state index contributed by atoms with van der Waals surface area (Å²) in [7, 11) is 0. The van der Waals surface area contributed by atoms with Crippen molar-refractivity contribution >= 4 is 0 Å². The van der Waals surface area contributed by atoms with Crippen LogP contribution in [0, 0.1) is 0 Å². The zero-order valence-corrected chi connectivity index (χ0v) is 13.7. The molecule has 2 heterocycles. The largest absolute Gasteiger partial charge is 0.394 e. The molecule has 1 aromatic rings. The van der Waals surface area contributed by atoms with Crippen LogP contribution >= 0.6 is 0 Å². The van der Waals surface area contributed by atoms with Crippen molar-refractivity contribution in [1.82, 2.24) is 0 Å². The molecule has 2 unspecified atom stereocenters. The Morgan fingerprint density at radius 3 is 2.54 bits per heavy atom. The molecule has 2 aliphatic heterocycles. The van der Waals surface area contributed by atoms with Gasteiger partial charge in [-0.1, -0.05) is 30.3 Å². The molecule has 7 heteroatoms. The summed E-state index contributed by atoms with van der Waals surface area (Å²) in [6.45, 7) is 3.28. The smallest absolute Gasteiger partial charge is 0.190 e. The molecule has 0 aromatic heterocycles. The maximum atomic E-state index is 10.2. The van der Waals surface area contributed by atoms with Crippen molar-refractivity contribution in [1.29, 1.82) is 0 Å². The highest BCUT2D eigenvalue weighted by atomic mass is 16.8. The molecular formula is C17H24O7. The summed E-state index contributed by atoms with van der Waals surface area (Å²) in [5.74, 6) is -0.810. The number of benzene rings is 1. The van der Waals surface area contributed by atoms with Gasteiger partial charge in [-0.3, -0.25) is 0 Å². The van der Waals surface area contributed by atoms with Crippen LogP contribution in [0.5, 0.6) is 0 Å². The molecule has 0 bridgehead atoms. The normalized spacial score (nSPS) is 34.0. The quantitative estimate of drug-likeness (QED) is 0.679. The summed E-state index contributed by atoms with van der Waals surface area (Å²) < 4.78 is 23.2. The molecule has 2 aliphatic rings. The maximum absolute atomic E-state index is 10.2. The van der Waals surface area contributed by atoms with E-state index in [2.05, 4.69) is 0 Å². The summed E-state index contributed by atoms with van der Waals surface area (Å²) in [6.07, 6.45) is -5.34. The number of aliphatic hydroxyl groups excluding tert-OH is 3. The fourth-order valence-corrected chi connectivity index (χ4v) is 3.06. The molecule has 24 heavy (non-hydrogen) atoms.